The van der Waals surface area contributed by atoms with E-state index in [1.807, 2.05) is 54.8 Å². The third-order valence-electron chi connectivity index (χ3n) is 4.11. The zero-order valence-corrected chi connectivity index (χ0v) is 14.6. The number of hydrogen-bond acceptors (Lipinski definition) is 3. The van der Waals surface area contributed by atoms with E-state index in [4.69, 9.17) is 5.26 Å². The summed E-state index contributed by atoms with van der Waals surface area (Å²) in [5.41, 5.74) is 7.39. The maximum absolute atomic E-state index is 12.5. The Kier molecular flexibility index (Phi) is 4.95. The van der Waals surface area contributed by atoms with Gasteiger partial charge in [0, 0.05) is 17.1 Å². The Labute approximate surface area is 152 Å². The van der Waals surface area contributed by atoms with Crippen molar-refractivity contribution in [1.82, 2.24) is 9.99 Å². The monoisotopic (exact) mass is 342 g/mol. The average Bonchev–Trinajstić information content (AvgIpc) is 2.97. The number of para-hydroxylation sites is 1. The molecule has 1 amide bonds. The van der Waals surface area contributed by atoms with Crippen LogP contribution in [0.1, 0.15) is 32.9 Å². The highest BCUT2D eigenvalue weighted by molar-refractivity contribution is 5.96. The Bertz CT molecular complexity index is 993. The van der Waals surface area contributed by atoms with E-state index in [9.17, 15) is 4.79 Å². The van der Waals surface area contributed by atoms with Gasteiger partial charge in [0.2, 0.25) is 0 Å². The van der Waals surface area contributed by atoms with Gasteiger partial charge in [0.25, 0.3) is 5.91 Å². The summed E-state index contributed by atoms with van der Waals surface area (Å²) >= 11 is 0. The first-order valence-corrected chi connectivity index (χ1v) is 8.18. The fraction of sp³-hybridized carbons (Fsp3) is 0.0952. The SMILES string of the molecule is Cc1cc(C(=O)N/N=C\c2ccc(C#N)cc2)c(C)n1-c1ccccc1. The molecule has 0 aliphatic heterocycles. The van der Waals surface area contributed by atoms with E-state index in [2.05, 4.69) is 16.6 Å². The highest BCUT2D eigenvalue weighted by atomic mass is 16.2. The number of aryl methyl sites for hydroxylation is 1. The second kappa shape index (κ2) is 7.49. The van der Waals surface area contributed by atoms with Crippen molar-refractivity contribution < 1.29 is 4.79 Å². The standard InChI is InChI=1S/C21H18N4O/c1-15-12-20(16(2)25(15)19-6-4-3-5-7-19)21(26)24-23-14-18-10-8-17(13-22)9-11-18/h3-12,14H,1-2H3,(H,24,26)/b23-14-. The molecule has 0 spiro atoms. The molecule has 0 aliphatic carbocycles. The molecule has 3 rings (SSSR count). The molecule has 1 N–H and O–H groups in total. The number of carbonyl (C=O) groups is 1. The van der Waals surface area contributed by atoms with E-state index < -0.39 is 0 Å². The molecule has 0 radical (unpaired) electrons. The topological polar surface area (TPSA) is 70.2 Å². The maximum Gasteiger partial charge on any atom is 0.273 e. The van der Waals surface area contributed by atoms with Crippen molar-refractivity contribution in [3.63, 3.8) is 0 Å². The lowest BCUT2D eigenvalue weighted by atomic mass is 10.2. The highest BCUT2D eigenvalue weighted by Gasteiger charge is 2.16. The minimum absolute atomic E-state index is 0.259. The second-order valence-electron chi connectivity index (χ2n) is 5.89. The van der Waals surface area contributed by atoms with Crippen LogP contribution in [0.2, 0.25) is 0 Å². The van der Waals surface area contributed by atoms with E-state index in [0.717, 1.165) is 22.6 Å². The molecule has 0 saturated carbocycles. The lowest BCUT2D eigenvalue weighted by Crippen LogP contribution is -2.18. The number of nitrogens with zero attached hydrogens (tertiary/aromatic N) is 3. The molecule has 0 fully saturated rings. The van der Waals surface area contributed by atoms with Crippen molar-refractivity contribution in [3.8, 4) is 11.8 Å². The molecule has 1 aromatic heterocycles. The van der Waals surface area contributed by atoms with Gasteiger partial charge in [-0.1, -0.05) is 30.3 Å². The normalized spacial score (nSPS) is 10.7. The number of amides is 1. The maximum atomic E-state index is 12.5. The van der Waals surface area contributed by atoms with Crippen molar-refractivity contribution >= 4 is 12.1 Å². The lowest BCUT2D eigenvalue weighted by Gasteiger charge is -2.09. The summed E-state index contributed by atoms with van der Waals surface area (Å²) in [5.74, 6) is -0.259. The van der Waals surface area contributed by atoms with E-state index >= 15 is 0 Å². The van der Waals surface area contributed by atoms with Gasteiger partial charge in [-0.2, -0.15) is 10.4 Å². The predicted molar refractivity (Wildman–Crippen MR) is 101 cm³/mol. The number of nitriles is 1. The summed E-state index contributed by atoms with van der Waals surface area (Å²) in [6, 6.07) is 20.8. The fourth-order valence-electron chi connectivity index (χ4n) is 2.84. The molecule has 5 heteroatoms. The minimum atomic E-state index is -0.259. The van der Waals surface area contributed by atoms with Gasteiger partial charge < -0.3 is 4.57 Å². The number of nitrogens with one attached hydrogen (secondary N) is 1. The third kappa shape index (κ3) is 3.55. The molecule has 3 aromatic rings. The Morgan fingerprint density at radius 2 is 1.81 bits per heavy atom. The van der Waals surface area contributed by atoms with Crippen molar-refractivity contribution in [3.05, 3.63) is 88.7 Å². The first kappa shape index (κ1) is 17.2. The molecule has 0 bridgehead atoms. The number of hydrazone groups is 1. The minimum Gasteiger partial charge on any atom is -0.318 e. The quantitative estimate of drug-likeness (QED) is 0.580. The lowest BCUT2D eigenvalue weighted by molar-refractivity contribution is 0.0954. The van der Waals surface area contributed by atoms with Crippen molar-refractivity contribution in [2.75, 3.05) is 0 Å². The Morgan fingerprint density at radius 1 is 1.12 bits per heavy atom. The molecule has 128 valence electrons. The Balaban J connectivity index is 1.76. The average molecular weight is 342 g/mol. The molecule has 0 unspecified atom stereocenters. The largest absolute Gasteiger partial charge is 0.318 e. The smallest absolute Gasteiger partial charge is 0.273 e. The van der Waals surface area contributed by atoms with Crippen molar-refractivity contribution in [2.24, 2.45) is 5.10 Å². The predicted octanol–water partition coefficient (Wildman–Crippen LogP) is 3.73. The number of aromatic nitrogens is 1. The molecule has 0 saturated heterocycles. The van der Waals surface area contributed by atoms with E-state index in [1.165, 1.54) is 0 Å². The molecule has 2 aromatic carbocycles. The van der Waals surface area contributed by atoms with Gasteiger partial charge >= 0.3 is 0 Å². The summed E-state index contributed by atoms with van der Waals surface area (Å²) in [7, 11) is 0. The first-order valence-electron chi connectivity index (χ1n) is 8.18. The molecule has 0 atom stereocenters. The summed E-state index contributed by atoms with van der Waals surface area (Å²) in [5, 5.41) is 12.8. The van der Waals surface area contributed by atoms with Crippen LogP contribution in [0.4, 0.5) is 0 Å². The summed E-state index contributed by atoms with van der Waals surface area (Å²) in [4.78, 5) is 12.5. The molecule has 0 aliphatic rings. The van der Waals surface area contributed by atoms with Crippen LogP contribution in [0.25, 0.3) is 5.69 Å². The molecular formula is C21H18N4O. The van der Waals surface area contributed by atoms with Gasteiger partial charge in [-0.15, -0.1) is 0 Å². The first-order chi connectivity index (χ1) is 12.6. The number of rotatable bonds is 4. The number of hydrogen-bond donors (Lipinski definition) is 1. The van der Waals surface area contributed by atoms with Gasteiger partial charge in [-0.05, 0) is 49.7 Å². The highest BCUT2D eigenvalue weighted by Crippen LogP contribution is 2.20. The molecular weight excluding hydrogens is 324 g/mol. The second-order valence-corrected chi connectivity index (χ2v) is 5.89. The fourth-order valence-corrected chi connectivity index (χ4v) is 2.84. The van der Waals surface area contributed by atoms with E-state index in [-0.39, 0.29) is 5.91 Å². The van der Waals surface area contributed by atoms with Crippen LogP contribution in [0.15, 0.2) is 65.8 Å². The van der Waals surface area contributed by atoms with Gasteiger partial charge in [0.05, 0.1) is 23.4 Å². The van der Waals surface area contributed by atoms with Crippen LogP contribution in [0.5, 0.6) is 0 Å². The van der Waals surface area contributed by atoms with E-state index in [1.54, 1.807) is 30.5 Å². The van der Waals surface area contributed by atoms with Crippen LogP contribution in [-0.2, 0) is 0 Å². The van der Waals surface area contributed by atoms with Crippen LogP contribution in [0, 0.1) is 25.2 Å². The van der Waals surface area contributed by atoms with Crippen LogP contribution >= 0.6 is 0 Å². The zero-order valence-electron chi connectivity index (χ0n) is 14.6. The third-order valence-corrected chi connectivity index (χ3v) is 4.11. The Hall–Kier alpha value is -3.65. The molecule has 5 nitrogen and oxygen atoms in total. The van der Waals surface area contributed by atoms with Gasteiger partial charge in [0.1, 0.15) is 0 Å². The van der Waals surface area contributed by atoms with Crippen LogP contribution in [-0.4, -0.2) is 16.7 Å². The van der Waals surface area contributed by atoms with Crippen LogP contribution < -0.4 is 5.43 Å². The van der Waals surface area contributed by atoms with E-state index in [0.29, 0.717) is 11.1 Å². The molecule has 26 heavy (non-hydrogen) atoms. The Morgan fingerprint density at radius 3 is 2.46 bits per heavy atom. The van der Waals surface area contributed by atoms with Crippen molar-refractivity contribution in [1.29, 1.82) is 5.26 Å². The number of carbonyl (C=O) groups excluding carboxylic acids is 1. The summed E-state index contributed by atoms with van der Waals surface area (Å²) < 4.78 is 2.04. The van der Waals surface area contributed by atoms with Crippen molar-refractivity contribution in [2.45, 2.75) is 13.8 Å². The number of benzene rings is 2. The molecule has 1 heterocycles. The summed E-state index contributed by atoms with van der Waals surface area (Å²) in [6.45, 7) is 3.88. The van der Waals surface area contributed by atoms with Gasteiger partial charge in [-0.25, -0.2) is 5.43 Å². The van der Waals surface area contributed by atoms with Crippen LogP contribution in [0.3, 0.4) is 0 Å². The van der Waals surface area contributed by atoms with Gasteiger partial charge in [0.15, 0.2) is 0 Å². The van der Waals surface area contributed by atoms with Gasteiger partial charge in [-0.3, -0.25) is 4.79 Å². The summed E-state index contributed by atoms with van der Waals surface area (Å²) in [6.07, 6.45) is 1.55. The zero-order chi connectivity index (χ0) is 18.5.